The summed E-state index contributed by atoms with van der Waals surface area (Å²) in [7, 11) is 0. The van der Waals surface area contributed by atoms with Crippen molar-refractivity contribution in [2.75, 3.05) is 13.2 Å². The van der Waals surface area contributed by atoms with Gasteiger partial charge in [0.1, 0.15) is 5.82 Å². The second kappa shape index (κ2) is 9.53. The highest BCUT2D eigenvalue weighted by Crippen LogP contribution is 2.36. The monoisotopic (exact) mass is 432 g/mol. The zero-order chi connectivity index (χ0) is 22.6. The topological polar surface area (TPSA) is 52.6 Å². The molecule has 4 rings (SSSR count). The maximum Gasteiger partial charge on any atom is 0.318 e. The molecule has 1 unspecified atom stereocenters. The molecule has 1 aliphatic rings. The molecule has 2 N–H and O–H groups in total. The van der Waals surface area contributed by atoms with E-state index in [0.717, 1.165) is 28.7 Å². The van der Waals surface area contributed by atoms with Gasteiger partial charge in [0.25, 0.3) is 0 Å². The molecule has 0 spiro atoms. The normalized spacial score (nSPS) is 19.5. The molecule has 1 heterocycles. The molecule has 4 nitrogen and oxygen atoms in total. The van der Waals surface area contributed by atoms with Crippen LogP contribution in [0.25, 0.3) is 11.1 Å². The molecule has 1 fully saturated rings. The fourth-order valence-electron chi connectivity index (χ4n) is 4.58. The van der Waals surface area contributed by atoms with E-state index in [2.05, 4.69) is 5.32 Å². The highest BCUT2D eigenvalue weighted by molar-refractivity contribution is 5.77. The summed E-state index contributed by atoms with van der Waals surface area (Å²) in [4.78, 5) is 15.1. The molecule has 0 aromatic heterocycles. The molecule has 5 heteroatoms. The SMILES string of the molecule is C[C@@H](c1ccc(-c2ccc(F)cc2)cc1)N1CCC(CCCO)(c2ccccc2)NC1=O. The minimum Gasteiger partial charge on any atom is -0.396 e. The predicted molar refractivity (Wildman–Crippen MR) is 125 cm³/mol. The quantitative estimate of drug-likeness (QED) is 0.508. The minimum atomic E-state index is -0.455. The fourth-order valence-corrected chi connectivity index (χ4v) is 4.58. The Morgan fingerprint density at radius 2 is 1.62 bits per heavy atom. The van der Waals surface area contributed by atoms with Crippen molar-refractivity contribution in [3.8, 4) is 11.1 Å². The van der Waals surface area contributed by atoms with Gasteiger partial charge in [-0.25, -0.2) is 9.18 Å². The molecule has 0 aliphatic carbocycles. The molecule has 2 amide bonds. The number of carbonyl (C=O) groups excluding carboxylic acids is 1. The van der Waals surface area contributed by atoms with Crippen LogP contribution in [0, 0.1) is 5.82 Å². The van der Waals surface area contributed by atoms with Crippen molar-refractivity contribution < 1.29 is 14.3 Å². The van der Waals surface area contributed by atoms with Crippen molar-refractivity contribution in [1.29, 1.82) is 0 Å². The minimum absolute atomic E-state index is 0.0797. The molecule has 32 heavy (non-hydrogen) atoms. The first-order chi connectivity index (χ1) is 15.5. The Balaban J connectivity index is 1.50. The van der Waals surface area contributed by atoms with Gasteiger partial charge < -0.3 is 15.3 Å². The molecule has 1 saturated heterocycles. The molecular weight excluding hydrogens is 403 g/mol. The Bertz CT molecular complexity index is 1040. The van der Waals surface area contributed by atoms with Crippen LogP contribution >= 0.6 is 0 Å². The number of nitrogens with one attached hydrogen (secondary N) is 1. The van der Waals surface area contributed by atoms with Gasteiger partial charge in [0.2, 0.25) is 0 Å². The molecule has 0 bridgehead atoms. The summed E-state index contributed by atoms with van der Waals surface area (Å²) in [5.74, 6) is -0.249. The van der Waals surface area contributed by atoms with Crippen LogP contribution in [0.5, 0.6) is 0 Å². The number of hydrogen-bond acceptors (Lipinski definition) is 2. The van der Waals surface area contributed by atoms with Gasteiger partial charge >= 0.3 is 6.03 Å². The van der Waals surface area contributed by atoms with Crippen molar-refractivity contribution in [2.45, 2.75) is 37.8 Å². The van der Waals surface area contributed by atoms with E-state index in [4.69, 9.17) is 0 Å². The molecule has 2 atom stereocenters. The lowest BCUT2D eigenvalue weighted by molar-refractivity contribution is 0.117. The van der Waals surface area contributed by atoms with Gasteiger partial charge in [0.15, 0.2) is 0 Å². The Labute approximate surface area is 188 Å². The van der Waals surface area contributed by atoms with Crippen molar-refractivity contribution in [3.05, 3.63) is 95.8 Å². The third-order valence-corrected chi connectivity index (χ3v) is 6.51. The van der Waals surface area contributed by atoms with Gasteiger partial charge in [0.05, 0.1) is 11.6 Å². The standard InChI is InChI=1S/C27H29FN2O2/c1-20(21-8-10-22(11-9-21)23-12-14-25(28)15-13-23)30-18-17-27(16-5-19-31,29-26(30)32)24-6-3-2-4-7-24/h2-4,6-15,20,31H,5,16-19H2,1H3,(H,29,32)/t20-,27?/m0/s1. The smallest absolute Gasteiger partial charge is 0.318 e. The first-order valence-electron chi connectivity index (χ1n) is 11.1. The number of amides is 2. The Kier molecular flexibility index (Phi) is 6.56. The average molecular weight is 433 g/mol. The zero-order valence-electron chi connectivity index (χ0n) is 18.3. The Morgan fingerprint density at radius 3 is 2.22 bits per heavy atom. The molecule has 166 valence electrons. The highest BCUT2D eigenvalue weighted by Gasteiger charge is 2.40. The van der Waals surface area contributed by atoms with Crippen LogP contribution in [0.3, 0.4) is 0 Å². The van der Waals surface area contributed by atoms with Crippen LogP contribution in [0.15, 0.2) is 78.9 Å². The second-order valence-corrected chi connectivity index (χ2v) is 8.45. The van der Waals surface area contributed by atoms with Crippen LogP contribution in [0.4, 0.5) is 9.18 Å². The number of benzene rings is 3. The molecule has 0 radical (unpaired) electrons. The molecule has 3 aromatic rings. The molecule has 1 aliphatic heterocycles. The summed E-state index contributed by atoms with van der Waals surface area (Å²) >= 11 is 0. The van der Waals surface area contributed by atoms with Crippen LogP contribution in [0.1, 0.15) is 43.4 Å². The van der Waals surface area contributed by atoms with Crippen LogP contribution in [-0.4, -0.2) is 29.2 Å². The van der Waals surface area contributed by atoms with E-state index in [0.29, 0.717) is 19.4 Å². The number of aliphatic hydroxyl groups excluding tert-OH is 1. The first kappa shape index (κ1) is 22.0. The first-order valence-corrected chi connectivity index (χ1v) is 11.1. The van der Waals surface area contributed by atoms with E-state index in [9.17, 15) is 14.3 Å². The van der Waals surface area contributed by atoms with Gasteiger partial charge in [0, 0.05) is 13.2 Å². The van der Waals surface area contributed by atoms with Crippen molar-refractivity contribution in [3.63, 3.8) is 0 Å². The number of carbonyl (C=O) groups is 1. The van der Waals surface area contributed by atoms with Crippen molar-refractivity contribution in [1.82, 2.24) is 10.2 Å². The summed E-state index contributed by atoms with van der Waals surface area (Å²) < 4.78 is 13.2. The van der Waals surface area contributed by atoms with Gasteiger partial charge in [-0.1, -0.05) is 66.7 Å². The number of hydrogen-bond donors (Lipinski definition) is 2. The molecular formula is C27H29FN2O2. The number of aliphatic hydroxyl groups is 1. The average Bonchev–Trinajstić information content (AvgIpc) is 2.83. The fraction of sp³-hybridized carbons (Fsp3) is 0.296. The van der Waals surface area contributed by atoms with E-state index >= 15 is 0 Å². The lowest BCUT2D eigenvalue weighted by Gasteiger charge is -2.45. The van der Waals surface area contributed by atoms with E-state index < -0.39 is 5.54 Å². The third-order valence-electron chi connectivity index (χ3n) is 6.51. The van der Waals surface area contributed by atoms with Crippen LogP contribution < -0.4 is 5.32 Å². The summed E-state index contributed by atoms with van der Waals surface area (Å²) in [6.07, 6.45) is 2.12. The Morgan fingerprint density at radius 1 is 1.00 bits per heavy atom. The van der Waals surface area contributed by atoms with E-state index in [1.807, 2.05) is 66.4 Å². The van der Waals surface area contributed by atoms with E-state index in [1.54, 1.807) is 12.1 Å². The van der Waals surface area contributed by atoms with Gasteiger partial charge in [-0.05, 0) is 60.6 Å². The summed E-state index contributed by atoms with van der Waals surface area (Å²) in [6, 6.07) is 24.4. The largest absolute Gasteiger partial charge is 0.396 e. The van der Waals surface area contributed by atoms with E-state index in [-0.39, 0.29) is 24.5 Å². The van der Waals surface area contributed by atoms with Crippen LogP contribution in [-0.2, 0) is 5.54 Å². The molecule has 0 saturated carbocycles. The van der Waals surface area contributed by atoms with Crippen molar-refractivity contribution >= 4 is 6.03 Å². The van der Waals surface area contributed by atoms with Gasteiger partial charge in [-0.15, -0.1) is 0 Å². The second-order valence-electron chi connectivity index (χ2n) is 8.45. The predicted octanol–water partition coefficient (Wildman–Crippen LogP) is 5.64. The number of urea groups is 1. The number of rotatable bonds is 7. The lowest BCUT2D eigenvalue weighted by atomic mass is 9.81. The van der Waals surface area contributed by atoms with Gasteiger partial charge in [-0.2, -0.15) is 0 Å². The summed E-state index contributed by atoms with van der Waals surface area (Å²) in [6.45, 7) is 2.77. The maximum atomic E-state index is 13.2. The molecule has 3 aromatic carbocycles. The van der Waals surface area contributed by atoms with Gasteiger partial charge in [-0.3, -0.25) is 0 Å². The third kappa shape index (κ3) is 4.53. The number of halogens is 1. The number of nitrogens with zero attached hydrogens (tertiary/aromatic N) is 1. The van der Waals surface area contributed by atoms with E-state index in [1.165, 1.54) is 12.1 Å². The van der Waals surface area contributed by atoms with Crippen molar-refractivity contribution in [2.24, 2.45) is 0 Å². The summed E-state index contributed by atoms with van der Waals surface area (Å²) in [5, 5.41) is 12.7. The highest BCUT2D eigenvalue weighted by atomic mass is 19.1. The summed E-state index contributed by atoms with van der Waals surface area (Å²) in [5.41, 5.74) is 3.64. The lowest BCUT2D eigenvalue weighted by Crippen LogP contribution is -2.58. The Hall–Kier alpha value is -3.18. The zero-order valence-corrected chi connectivity index (χ0v) is 18.3. The van der Waals surface area contributed by atoms with Crippen LogP contribution in [0.2, 0.25) is 0 Å². The maximum absolute atomic E-state index is 13.2.